The molecule has 0 bridgehead atoms. The Morgan fingerprint density at radius 1 is 0.889 bits per heavy atom. The number of anilines is 1. The summed E-state index contributed by atoms with van der Waals surface area (Å²) in [7, 11) is 0. The van der Waals surface area contributed by atoms with Crippen LogP contribution in [0.25, 0.3) is 16.9 Å². The van der Waals surface area contributed by atoms with Crippen molar-refractivity contribution >= 4 is 12.2 Å². The highest BCUT2D eigenvalue weighted by Crippen LogP contribution is 2.30. The predicted molar refractivity (Wildman–Crippen MR) is 104 cm³/mol. The van der Waals surface area contributed by atoms with Crippen LogP contribution in [0.5, 0.6) is 5.88 Å². The van der Waals surface area contributed by atoms with Crippen LogP contribution in [0.2, 0.25) is 0 Å². The zero-order chi connectivity index (χ0) is 18.5. The Labute approximate surface area is 155 Å². The Morgan fingerprint density at radius 3 is 2.26 bits per heavy atom. The summed E-state index contributed by atoms with van der Waals surface area (Å²) in [4.78, 5) is 8.09. The van der Waals surface area contributed by atoms with Crippen molar-refractivity contribution in [1.29, 1.82) is 0 Å². The molecule has 0 fully saturated rings. The molecular formula is C20H16N6O. The normalized spacial score (nSPS) is 11.0. The van der Waals surface area contributed by atoms with E-state index in [2.05, 4.69) is 25.6 Å². The molecule has 0 aliphatic heterocycles. The number of nitrogens with one attached hydrogen (secondary N) is 1. The number of rotatable bonds is 5. The largest absolute Gasteiger partial charge is 0.493 e. The van der Waals surface area contributed by atoms with E-state index < -0.39 is 0 Å². The summed E-state index contributed by atoms with van der Waals surface area (Å²) >= 11 is 0. The lowest BCUT2D eigenvalue weighted by atomic mass is 10.1. The number of hydrazone groups is 1. The number of para-hydroxylation sites is 1. The molecule has 132 valence electrons. The van der Waals surface area contributed by atoms with Crippen molar-refractivity contribution in [1.82, 2.24) is 19.7 Å². The minimum atomic E-state index is -0.000386. The van der Waals surface area contributed by atoms with E-state index in [9.17, 15) is 5.11 Å². The van der Waals surface area contributed by atoms with Crippen molar-refractivity contribution < 1.29 is 5.11 Å². The van der Waals surface area contributed by atoms with Gasteiger partial charge in [0.05, 0.1) is 17.5 Å². The highest BCUT2D eigenvalue weighted by molar-refractivity contribution is 5.92. The Balaban J connectivity index is 1.75. The van der Waals surface area contributed by atoms with Crippen LogP contribution >= 0.6 is 0 Å². The standard InChI is InChI=1S/C20H16N6O/c27-19-17(14-23-24-20-21-12-7-13-22-20)18(15-8-3-1-4-9-15)25-26(19)16-10-5-2-6-11-16/h1-14,27H,(H,21,22,24)/b23-14+. The smallest absolute Gasteiger partial charge is 0.243 e. The topological polar surface area (TPSA) is 88.2 Å². The first-order valence-corrected chi connectivity index (χ1v) is 8.32. The van der Waals surface area contributed by atoms with Gasteiger partial charge in [-0.15, -0.1) is 0 Å². The molecule has 2 aromatic carbocycles. The first kappa shape index (κ1) is 16.5. The van der Waals surface area contributed by atoms with Gasteiger partial charge in [-0.05, 0) is 18.2 Å². The summed E-state index contributed by atoms with van der Waals surface area (Å²) in [6.07, 6.45) is 4.75. The second-order valence-electron chi connectivity index (χ2n) is 5.64. The van der Waals surface area contributed by atoms with Gasteiger partial charge in [0.25, 0.3) is 0 Å². The quantitative estimate of drug-likeness (QED) is 0.422. The second kappa shape index (κ2) is 7.49. The van der Waals surface area contributed by atoms with E-state index in [1.54, 1.807) is 18.5 Å². The molecule has 0 atom stereocenters. The number of hydrogen-bond acceptors (Lipinski definition) is 6. The molecular weight excluding hydrogens is 340 g/mol. The van der Waals surface area contributed by atoms with Gasteiger partial charge >= 0.3 is 0 Å². The first-order chi connectivity index (χ1) is 13.3. The van der Waals surface area contributed by atoms with E-state index in [0.29, 0.717) is 17.2 Å². The molecule has 7 heteroatoms. The maximum Gasteiger partial charge on any atom is 0.243 e. The van der Waals surface area contributed by atoms with E-state index in [4.69, 9.17) is 0 Å². The fraction of sp³-hybridized carbons (Fsp3) is 0. The lowest BCUT2D eigenvalue weighted by molar-refractivity contribution is 0.433. The van der Waals surface area contributed by atoms with Gasteiger partial charge in [0, 0.05) is 18.0 Å². The molecule has 7 nitrogen and oxygen atoms in total. The lowest BCUT2D eigenvalue weighted by Gasteiger charge is -2.01. The van der Waals surface area contributed by atoms with E-state index in [1.165, 1.54) is 10.9 Å². The summed E-state index contributed by atoms with van der Waals surface area (Å²) in [6, 6.07) is 20.8. The molecule has 0 saturated heterocycles. The second-order valence-corrected chi connectivity index (χ2v) is 5.64. The van der Waals surface area contributed by atoms with E-state index in [1.807, 2.05) is 60.7 Å². The average Bonchev–Trinajstić information content (AvgIpc) is 3.07. The summed E-state index contributed by atoms with van der Waals surface area (Å²) < 4.78 is 1.49. The zero-order valence-corrected chi connectivity index (χ0v) is 14.3. The molecule has 0 unspecified atom stereocenters. The van der Waals surface area contributed by atoms with Crippen molar-refractivity contribution in [2.75, 3.05) is 5.43 Å². The molecule has 27 heavy (non-hydrogen) atoms. The highest BCUT2D eigenvalue weighted by Gasteiger charge is 2.18. The minimum absolute atomic E-state index is 0.000386. The fourth-order valence-corrected chi connectivity index (χ4v) is 2.61. The van der Waals surface area contributed by atoms with Crippen LogP contribution in [0.4, 0.5) is 5.95 Å². The van der Waals surface area contributed by atoms with Crippen molar-refractivity contribution in [3.05, 3.63) is 84.7 Å². The Hall–Kier alpha value is -4.00. The molecule has 0 aliphatic rings. The number of aromatic nitrogens is 4. The van der Waals surface area contributed by atoms with Crippen molar-refractivity contribution in [2.24, 2.45) is 5.10 Å². The third-order valence-corrected chi connectivity index (χ3v) is 3.87. The van der Waals surface area contributed by atoms with Crippen molar-refractivity contribution in [2.45, 2.75) is 0 Å². The SMILES string of the molecule is Oc1c(/C=N/Nc2ncccn2)c(-c2ccccc2)nn1-c1ccccc1. The summed E-state index contributed by atoms with van der Waals surface area (Å²) in [5, 5.41) is 19.5. The van der Waals surface area contributed by atoms with Crippen LogP contribution in [0.3, 0.4) is 0 Å². The number of aromatic hydroxyl groups is 1. The average molecular weight is 356 g/mol. The molecule has 0 radical (unpaired) electrons. The highest BCUT2D eigenvalue weighted by atomic mass is 16.3. The molecule has 2 N–H and O–H groups in total. The molecule has 0 amide bonds. The van der Waals surface area contributed by atoms with E-state index in [0.717, 1.165) is 11.3 Å². The van der Waals surface area contributed by atoms with Crippen LogP contribution in [0.1, 0.15) is 5.56 Å². The molecule has 0 aliphatic carbocycles. The van der Waals surface area contributed by atoms with Gasteiger partial charge in [0.15, 0.2) is 0 Å². The maximum absolute atomic E-state index is 10.8. The van der Waals surface area contributed by atoms with Crippen LogP contribution < -0.4 is 5.43 Å². The van der Waals surface area contributed by atoms with Gasteiger partial charge in [-0.3, -0.25) is 0 Å². The van der Waals surface area contributed by atoms with Crippen molar-refractivity contribution in [3.63, 3.8) is 0 Å². The van der Waals surface area contributed by atoms with Crippen LogP contribution in [0.15, 0.2) is 84.2 Å². The van der Waals surface area contributed by atoms with Gasteiger partial charge in [-0.2, -0.15) is 10.2 Å². The lowest BCUT2D eigenvalue weighted by Crippen LogP contribution is -1.96. The summed E-state index contributed by atoms with van der Waals surface area (Å²) in [6.45, 7) is 0. The van der Waals surface area contributed by atoms with Gasteiger partial charge in [0.1, 0.15) is 5.69 Å². The van der Waals surface area contributed by atoms with Gasteiger partial charge in [-0.1, -0.05) is 48.5 Å². The molecule has 0 spiro atoms. The zero-order valence-electron chi connectivity index (χ0n) is 14.3. The fourth-order valence-electron chi connectivity index (χ4n) is 2.61. The Kier molecular flexibility index (Phi) is 4.57. The monoisotopic (exact) mass is 356 g/mol. The van der Waals surface area contributed by atoms with Crippen LogP contribution in [-0.4, -0.2) is 31.1 Å². The Morgan fingerprint density at radius 2 is 1.56 bits per heavy atom. The molecule has 0 saturated carbocycles. The molecule has 4 rings (SSSR count). The minimum Gasteiger partial charge on any atom is -0.493 e. The Bertz CT molecular complexity index is 1050. The van der Waals surface area contributed by atoms with E-state index in [-0.39, 0.29) is 5.88 Å². The van der Waals surface area contributed by atoms with Gasteiger partial charge < -0.3 is 5.11 Å². The summed E-state index contributed by atoms with van der Waals surface area (Å²) in [5.74, 6) is 0.365. The predicted octanol–water partition coefficient (Wildman–Crippen LogP) is 3.48. The first-order valence-electron chi connectivity index (χ1n) is 8.32. The van der Waals surface area contributed by atoms with Crippen LogP contribution in [0, 0.1) is 0 Å². The van der Waals surface area contributed by atoms with Crippen molar-refractivity contribution in [3.8, 4) is 22.8 Å². The third kappa shape index (κ3) is 3.52. The van der Waals surface area contributed by atoms with Gasteiger partial charge in [0.2, 0.25) is 11.8 Å². The molecule has 2 aromatic heterocycles. The maximum atomic E-state index is 10.8. The summed E-state index contributed by atoms with van der Waals surface area (Å²) in [5.41, 5.74) is 5.49. The number of hydrogen-bond donors (Lipinski definition) is 2. The third-order valence-electron chi connectivity index (χ3n) is 3.87. The molecule has 2 heterocycles. The molecule has 4 aromatic rings. The number of nitrogens with zero attached hydrogens (tertiary/aromatic N) is 5. The number of benzene rings is 2. The van der Waals surface area contributed by atoms with E-state index >= 15 is 0 Å². The van der Waals surface area contributed by atoms with Gasteiger partial charge in [-0.25, -0.2) is 20.1 Å². The van der Waals surface area contributed by atoms with Crippen LogP contribution in [-0.2, 0) is 0 Å².